The van der Waals surface area contributed by atoms with Gasteiger partial charge >= 0.3 is 5.97 Å². The van der Waals surface area contributed by atoms with Crippen LogP contribution in [0.3, 0.4) is 0 Å². The fourth-order valence-electron chi connectivity index (χ4n) is 6.21. The van der Waals surface area contributed by atoms with Crippen molar-refractivity contribution >= 4 is 35.2 Å². The lowest BCUT2D eigenvalue weighted by atomic mass is 9.78. The van der Waals surface area contributed by atoms with Crippen LogP contribution in [-0.2, 0) is 19.1 Å². The molecule has 0 saturated carbocycles. The monoisotopic (exact) mass is 496 g/mol. The molecular weight excluding hydrogens is 464 g/mol. The van der Waals surface area contributed by atoms with Crippen LogP contribution in [0.15, 0.2) is 42.5 Å². The van der Waals surface area contributed by atoms with Gasteiger partial charge in [-0.25, -0.2) is 0 Å². The number of aryl methyl sites for hydroxylation is 2. The summed E-state index contributed by atoms with van der Waals surface area (Å²) in [5.41, 5.74) is 2.90. The van der Waals surface area contributed by atoms with Gasteiger partial charge in [-0.3, -0.25) is 14.4 Å². The van der Waals surface area contributed by atoms with Crippen LogP contribution in [0, 0.1) is 25.7 Å². The van der Waals surface area contributed by atoms with Gasteiger partial charge in [0.1, 0.15) is 12.6 Å². The molecule has 0 aromatic heterocycles. The van der Waals surface area contributed by atoms with E-state index in [1.165, 1.54) is 0 Å². The fraction of sp³-hybridized carbons (Fsp3) is 0.519. The van der Waals surface area contributed by atoms with Gasteiger partial charge in [0.25, 0.3) is 5.91 Å². The molecule has 4 aliphatic heterocycles. The van der Waals surface area contributed by atoms with Crippen molar-refractivity contribution in [2.75, 3.05) is 31.2 Å². The number of esters is 1. The Labute approximate surface area is 210 Å². The number of ether oxygens (including phenoxy) is 1. The molecule has 7 nitrogen and oxygen atoms in total. The standard InChI is InChI=1S/C27H32N2O5S/c1-17-9-6-10-18(2)22(17)28-14-8-12-27-21(20-19(35-27)11-7-16-34-26(20)33)24(31)29(23(27)25(28)32)13-4-3-5-15-30/h6-12,19-21,23,30H,3-5,13-16H2,1-2H3/t19-,20+,21+,23?,27+/m1/s1. The number of anilines is 1. The van der Waals surface area contributed by atoms with Crippen molar-refractivity contribution in [1.82, 2.24) is 4.90 Å². The Hall–Kier alpha value is -2.58. The smallest absolute Gasteiger partial charge is 0.311 e. The normalized spacial score (nSPS) is 31.7. The third-order valence-electron chi connectivity index (χ3n) is 7.68. The van der Waals surface area contributed by atoms with Crippen molar-refractivity contribution in [3.05, 3.63) is 53.6 Å². The van der Waals surface area contributed by atoms with Gasteiger partial charge in [0, 0.05) is 30.6 Å². The predicted octanol–water partition coefficient (Wildman–Crippen LogP) is 2.78. The lowest BCUT2D eigenvalue weighted by Gasteiger charge is -2.36. The fourth-order valence-corrected chi connectivity index (χ4v) is 8.21. The number of rotatable bonds is 6. The maximum absolute atomic E-state index is 14.4. The minimum absolute atomic E-state index is 0.101. The van der Waals surface area contributed by atoms with Gasteiger partial charge in [-0.2, -0.15) is 0 Å². The highest BCUT2D eigenvalue weighted by Gasteiger charge is 2.71. The molecule has 2 fully saturated rings. The first-order chi connectivity index (χ1) is 16.9. The summed E-state index contributed by atoms with van der Waals surface area (Å²) in [5, 5.41) is 8.99. The summed E-state index contributed by atoms with van der Waals surface area (Å²) < 4.78 is 4.59. The second-order valence-electron chi connectivity index (χ2n) is 9.81. The van der Waals surface area contributed by atoms with Crippen LogP contribution < -0.4 is 4.90 Å². The molecule has 2 saturated heterocycles. The number of hydrogen-bond acceptors (Lipinski definition) is 6. The molecule has 0 aliphatic carbocycles. The van der Waals surface area contributed by atoms with Crippen molar-refractivity contribution < 1.29 is 24.2 Å². The molecule has 1 N–H and O–H groups in total. The van der Waals surface area contributed by atoms with Crippen molar-refractivity contribution in [3.8, 4) is 0 Å². The zero-order chi connectivity index (χ0) is 24.7. The van der Waals surface area contributed by atoms with Crippen molar-refractivity contribution in [2.24, 2.45) is 11.8 Å². The van der Waals surface area contributed by atoms with Crippen LogP contribution in [-0.4, -0.2) is 70.1 Å². The maximum atomic E-state index is 14.4. The molecule has 35 heavy (non-hydrogen) atoms. The molecule has 186 valence electrons. The van der Waals surface area contributed by atoms with Crippen LogP contribution in [0.2, 0.25) is 0 Å². The minimum atomic E-state index is -0.827. The SMILES string of the molecule is Cc1cccc(C)c1N1CC=C[C@]23S[C@@H]4C=CCOC(=O)[C@@H]4[C@H]2C(=O)N(CCCCCO)C3C1=O. The van der Waals surface area contributed by atoms with Crippen molar-refractivity contribution in [2.45, 2.75) is 49.1 Å². The van der Waals surface area contributed by atoms with Gasteiger partial charge < -0.3 is 19.6 Å². The number of carbonyl (C=O) groups excluding carboxylic acids is 3. The van der Waals surface area contributed by atoms with Crippen LogP contribution >= 0.6 is 11.8 Å². The summed E-state index contributed by atoms with van der Waals surface area (Å²) in [6, 6.07) is 5.27. The third-order valence-corrected chi connectivity index (χ3v) is 9.42. The number of unbranched alkanes of at least 4 members (excludes halogenated alkanes) is 2. The highest BCUT2D eigenvalue weighted by Crippen LogP contribution is 2.61. The van der Waals surface area contributed by atoms with Crippen LogP contribution in [0.5, 0.6) is 0 Å². The van der Waals surface area contributed by atoms with Crippen LogP contribution in [0.4, 0.5) is 5.69 Å². The molecule has 5 atom stereocenters. The summed E-state index contributed by atoms with van der Waals surface area (Å²) >= 11 is 1.56. The summed E-state index contributed by atoms with van der Waals surface area (Å²) in [5.74, 6) is -1.87. The Morgan fingerprint density at radius 3 is 2.60 bits per heavy atom. The van der Waals surface area contributed by atoms with Crippen LogP contribution in [0.25, 0.3) is 0 Å². The predicted molar refractivity (Wildman–Crippen MR) is 135 cm³/mol. The van der Waals surface area contributed by atoms with E-state index in [1.807, 2.05) is 56.4 Å². The zero-order valence-electron chi connectivity index (χ0n) is 20.2. The first-order valence-electron chi connectivity index (χ1n) is 12.4. The van der Waals surface area contributed by atoms with E-state index in [0.717, 1.165) is 23.2 Å². The lowest BCUT2D eigenvalue weighted by molar-refractivity contribution is -0.151. The van der Waals surface area contributed by atoms with Gasteiger partial charge in [0.2, 0.25) is 5.91 Å². The number of benzene rings is 1. The Morgan fingerprint density at radius 2 is 1.86 bits per heavy atom. The van der Waals surface area contributed by atoms with Gasteiger partial charge in [0.15, 0.2) is 0 Å². The highest BCUT2D eigenvalue weighted by molar-refractivity contribution is 8.02. The average Bonchev–Trinajstić information content (AvgIpc) is 3.12. The highest BCUT2D eigenvalue weighted by atomic mass is 32.2. The van der Waals surface area contributed by atoms with E-state index in [2.05, 4.69) is 0 Å². The molecule has 1 aromatic carbocycles. The second-order valence-corrected chi connectivity index (χ2v) is 11.3. The maximum Gasteiger partial charge on any atom is 0.311 e. The number of thioether (sulfide) groups is 1. The van der Waals surface area contributed by atoms with Crippen molar-refractivity contribution in [3.63, 3.8) is 0 Å². The van der Waals surface area contributed by atoms with E-state index in [-0.39, 0.29) is 36.2 Å². The van der Waals surface area contributed by atoms with Gasteiger partial charge in [0.05, 0.1) is 16.6 Å². The first kappa shape index (κ1) is 24.1. The van der Waals surface area contributed by atoms with E-state index in [4.69, 9.17) is 4.74 Å². The minimum Gasteiger partial charge on any atom is -0.461 e. The van der Waals surface area contributed by atoms with E-state index in [9.17, 15) is 19.5 Å². The van der Waals surface area contributed by atoms with E-state index < -0.39 is 22.6 Å². The number of para-hydroxylation sites is 1. The lowest BCUT2D eigenvalue weighted by Crippen LogP contribution is -2.53. The number of likely N-dealkylation sites (tertiary alicyclic amines) is 1. The molecule has 4 heterocycles. The number of fused-ring (bicyclic) bond motifs is 2. The summed E-state index contributed by atoms with van der Waals surface area (Å²) in [6.45, 7) is 5.15. The average molecular weight is 497 g/mol. The van der Waals surface area contributed by atoms with E-state index >= 15 is 0 Å². The third kappa shape index (κ3) is 3.82. The molecular formula is C27H32N2O5S. The number of amides is 2. The quantitative estimate of drug-likeness (QED) is 0.370. The molecule has 2 amide bonds. The Morgan fingerprint density at radius 1 is 1.09 bits per heavy atom. The molecule has 1 unspecified atom stereocenters. The molecule has 8 heteroatoms. The Bertz CT molecular complexity index is 1080. The summed E-state index contributed by atoms with van der Waals surface area (Å²) in [7, 11) is 0. The van der Waals surface area contributed by atoms with Gasteiger partial charge in [-0.05, 0) is 44.2 Å². The molecule has 0 bridgehead atoms. The zero-order valence-corrected chi connectivity index (χ0v) is 21.0. The Balaban J connectivity index is 1.59. The largest absolute Gasteiger partial charge is 0.461 e. The first-order valence-corrected chi connectivity index (χ1v) is 13.3. The number of cyclic esters (lactones) is 1. The second kappa shape index (κ2) is 9.47. The molecule has 1 spiro atoms. The molecule has 4 aliphatic rings. The molecule has 0 radical (unpaired) electrons. The molecule has 5 rings (SSSR count). The number of hydrogen-bond donors (Lipinski definition) is 1. The topological polar surface area (TPSA) is 87.2 Å². The number of nitrogens with zero attached hydrogens (tertiary/aromatic N) is 2. The Kier molecular flexibility index (Phi) is 6.53. The van der Waals surface area contributed by atoms with E-state index in [0.29, 0.717) is 25.9 Å². The molecule has 1 aromatic rings. The number of aliphatic hydroxyl groups is 1. The van der Waals surface area contributed by atoms with Gasteiger partial charge in [-0.15, -0.1) is 11.8 Å². The van der Waals surface area contributed by atoms with E-state index in [1.54, 1.807) is 21.6 Å². The number of aliphatic hydroxyl groups excluding tert-OH is 1. The van der Waals surface area contributed by atoms with Gasteiger partial charge in [-0.1, -0.05) is 42.5 Å². The van der Waals surface area contributed by atoms with Crippen LogP contribution in [0.1, 0.15) is 30.4 Å². The summed E-state index contributed by atoms with van der Waals surface area (Å²) in [6.07, 6.45) is 9.93. The summed E-state index contributed by atoms with van der Waals surface area (Å²) in [4.78, 5) is 44.9. The van der Waals surface area contributed by atoms with Crippen molar-refractivity contribution in [1.29, 1.82) is 0 Å². The number of carbonyl (C=O) groups is 3.